The first-order chi connectivity index (χ1) is 67.0. The second kappa shape index (κ2) is 37.9. The van der Waals surface area contributed by atoms with Gasteiger partial charge in [-0.1, -0.05) is 117 Å². The number of benzene rings is 13. The highest BCUT2D eigenvalue weighted by molar-refractivity contribution is 6.45. The van der Waals surface area contributed by atoms with Gasteiger partial charge in [0.15, 0.2) is 0 Å². The lowest BCUT2D eigenvalue weighted by molar-refractivity contribution is -0.149. The van der Waals surface area contributed by atoms with Crippen LogP contribution in [0.1, 0.15) is 116 Å². The molecule has 137 heavy (non-hydrogen) atoms. The minimum Gasteiger partial charge on any atom is -0.464 e. The molecule has 27 nitrogen and oxygen atoms in total. The van der Waals surface area contributed by atoms with Crippen molar-refractivity contribution in [1.29, 1.82) is 0 Å². The average molecular weight is 1830 g/mol. The molecule has 27 heteroatoms. The van der Waals surface area contributed by atoms with Gasteiger partial charge >= 0.3 is 11.9 Å². The molecule has 0 spiro atoms. The fraction of sp³-hybridized carbons (Fsp3) is 0.209. The summed E-state index contributed by atoms with van der Waals surface area (Å²) in [6, 6.07) is 67.6. The smallest absolute Gasteiger partial charge is 0.329 e. The number of ether oxygens (including phenoxy) is 10. The second-order valence-electron chi connectivity index (χ2n) is 34.7. The zero-order valence-corrected chi connectivity index (χ0v) is 74.5. The van der Waals surface area contributed by atoms with E-state index in [1.165, 1.54) is 24.3 Å². The van der Waals surface area contributed by atoms with E-state index in [9.17, 15) is 14.4 Å². The molecular weight excluding hydrogens is 1740 g/mol. The molecule has 4 fully saturated rings. The molecule has 6 aliphatic heterocycles. The van der Waals surface area contributed by atoms with Gasteiger partial charge in [-0.25, -0.2) is 9.59 Å². The molecule has 7 amide bonds. The molecule has 15 aromatic rings. The Bertz CT molecular complexity index is 6950. The maximum Gasteiger partial charge on any atom is 0.329 e. The first-order valence-electron chi connectivity index (χ1n) is 45.8. The van der Waals surface area contributed by atoms with Crippen LogP contribution < -0.4 is 40.2 Å². The van der Waals surface area contributed by atoms with Gasteiger partial charge < -0.3 is 68.6 Å². The van der Waals surface area contributed by atoms with Crippen LogP contribution >= 0.6 is 0 Å². The van der Waals surface area contributed by atoms with E-state index in [1.54, 1.807) is 164 Å². The van der Waals surface area contributed by atoms with Crippen molar-refractivity contribution < 1.29 is 90.5 Å². The standard InChI is InChI=1S/C110H90N8O19/c1-3-37-128-109(126)88(40-62-29-33-111-34-30-62)117-105(122)84-49-90(134-76-25-9-18-69(45-76)65-14-5-13-64(39-65)53-113-54-80-58-130-80)96-97-91(135-77-26-10-19-70(46-77)66-15-6-22-73(42-66)102(119)114-55-81-59-131-81)50-86-95-87(108(125)118(107(86)124)89(110(127)129-38-4-2)41-63-31-35-112-36-32-63)52-93(137-79-28-12-21-72(48-79)68-17-8-24-75(44-68)104(121)116-57-83-61-133-83)99(101(95)97)98-92(51-85(106(117)123)94(84)100(96)98)136-78-27-11-20-71(47-78)67-16-7-23-74(43-67)103(120)115-56-82-60-132-82/h5-36,39,42-52,80-83,88-89,113H,3-4,37-38,40-41,53-61H2,1-2H3,(H,114,119)(H,115,120)(H,116,121). The Hall–Kier alpha value is -15.9. The molecule has 0 aliphatic carbocycles. The van der Waals surface area contributed by atoms with Crippen LogP contribution in [0.4, 0.5) is 0 Å². The number of nitrogens with zero attached hydrogens (tertiary/aromatic N) is 4. The molecule has 684 valence electrons. The maximum absolute atomic E-state index is 17.1. The Morgan fingerprint density at radius 2 is 0.620 bits per heavy atom. The van der Waals surface area contributed by atoms with Crippen LogP contribution in [0.5, 0.6) is 46.0 Å². The molecule has 13 aromatic carbocycles. The van der Waals surface area contributed by atoms with Crippen LogP contribution in [-0.2, 0) is 57.4 Å². The minimum absolute atomic E-state index is 0.0372. The summed E-state index contributed by atoms with van der Waals surface area (Å²) in [7, 11) is 0. The number of nitrogens with one attached hydrogen (secondary N) is 4. The van der Waals surface area contributed by atoms with Crippen molar-refractivity contribution >= 4 is 96.4 Å². The third-order valence-corrected chi connectivity index (χ3v) is 25.0. The Kier molecular flexibility index (Phi) is 24.2. The van der Waals surface area contributed by atoms with Crippen molar-refractivity contribution in [3.05, 3.63) is 323 Å². The number of pyridine rings is 2. The van der Waals surface area contributed by atoms with E-state index in [-0.39, 0.29) is 180 Å². The van der Waals surface area contributed by atoms with Gasteiger partial charge in [-0.3, -0.25) is 53.3 Å². The number of hydrogen-bond acceptors (Lipinski definition) is 22. The lowest BCUT2D eigenvalue weighted by Gasteiger charge is -2.35. The van der Waals surface area contributed by atoms with Gasteiger partial charge in [0, 0.05) is 130 Å². The number of aromatic nitrogens is 2. The van der Waals surface area contributed by atoms with Crippen molar-refractivity contribution in [2.45, 2.75) is 82.6 Å². The fourth-order valence-electron chi connectivity index (χ4n) is 18.0. The lowest BCUT2D eigenvalue weighted by Crippen LogP contribution is -2.52. The number of rotatable bonds is 37. The van der Waals surface area contributed by atoms with Gasteiger partial charge in [-0.05, 0) is 214 Å². The minimum atomic E-state index is -1.62. The normalized spacial score (nSPS) is 16.5. The number of esters is 2. The highest BCUT2D eigenvalue weighted by Gasteiger charge is 2.48. The van der Waals surface area contributed by atoms with Gasteiger partial charge in [-0.15, -0.1) is 0 Å². The summed E-state index contributed by atoms with van der Waals surface area (Å²) in [4.78, 5) is 151. The summed E-state index contributed by atoms with van der Waals surface area (Å²) < 4.78 is 64.3. The van der Waals surface area contributed by atoms with Crippen molar-refractivity contribution in [3.63, 3.8) is 0 Å². The van der Waals surface area contributed by atoms with Crippen LogP contribution in [0.3, 0.4) is 0 Å². The predicted octanol–water partition coefficient (Wildman–Crippen LogP) is 17.6. The number of amides is 7. The molecule has 2 aromatic heterocycles. The van der Waals surface area contributed by atoms with E-state index >= 15 is 28.8 Å². The summed E-state index contributed by atoms with van der Waals surface area (Å²) in [5, 5.41) is 13.2. The van der Waals surface area contributed by atoms with Gasteiger partial charge in [0.05, 0.1) is 86.3 Å². The number of carbonyl (C=O) groups is 9. The van der Waals surface area contributed by atoms with Crippen LogP contribution in [0.25, 0.3) is 87.6 Å². The molecule has 6 unspecified atom stereocenters. The number of imide groups is 2. The van der Waals surface area contributed by atoms with E-state index in [4.69, 9.17) is 47.4 Å². The van der Waals surface area contributed by atoms with Crippen LogP contribution in [0, 0.1) is 0 Å². The number of carbonyl (C=O) groups excluding carboxylic acids is 9. The second-order valence-corrected chi connectivity index (χ2v) is 34.7. The molecule has 4 saturated heterocycles. The van der Waals surface area contributed by atoms with Crippen molar-refractivity contribution in [3.8, 4) is 90.5 Å². The van der Waals surface area contributed by atoms with E-state index < -0.39 is 47.7 Å². The van der Waals surface area contributed by atoms with E-state index in [2.05, 4.69) is 37.3 Å². The third kappa shape index (κ3) is 18.5. The Labute approximate surface area is 785 Å². The van der Waals surface area contributed by atoms with Crippen molar-refractivity contribution in [2.24, 2.45) is 0 Å². The van der Waals surface area contributed by atoms with Crippen LogP contribution in [-0.4, -0.2) is 175 Å². The third-order valence-electron chi connectivity index (χ3n) is 25.0. The molecule has 21 rings (SSSR count). The van der Waals surface area contributed by atoms with Gasteiger partial charge in [0.1, 0.15) is 58.1 Å². The molecule has 6 atom stereocenters. The number of hydrogen-bond donors (Lipinski definition) is 4. The van der Waals surface area contributed by atoms with Crippen LogP contribution in [0.15, 0.2) is 267 Å². The molecule has 0 saturated carbocycles. The van der Waals surface area contributed by atoms with E-state index in [1.807, 2.05) is 86.6 Å². The zero-order valence-electron chi connectivity index (χ0n) is 74.5. The Balaban J connectivity index is 0.866. The summed E-state index contributed by atoms with van der Waals surface area (Å²) in [5.74, 6) is -6.01. The predicted molar refractivity (Wildman–Crippen MR) is 510 cm³/mol. The highest BCUT2D eigenvalue weighted by atomic mass is 16.6. The van der Waals surface area contributed by atoms with Crippen molar-refractivity contribution in [1.82, 2.24) is 41.0 Å². The highest BCUT2D eigenvalue weighted by Crippen LogP contribution is 2.59. The first-order valence-corrected chi connectivity index (χ1v) is 45.8. The van der Waals surface area contributed by atoms with E-state index in [0.717, 1.165) is 26.5 Å². The Morgan fingerprint density at radius 3 is 0.927 bits per heavy atom. The summed E-state index contributed by atoms with van der Waals surface area (Å²) >= 11 is 0. The number of epoxide rings is 4. The van der Waals surface area contributed by atoms with Gasteiger partial charge in [-0.2, -0.15) is 0 Å². The summed E-state index contributed by atoms with van der Waals surface area (Å²) in [6.45, 7) is 7.99. The topological polar surface area (TPSA) is 340 Å². The molecule has 0 radical (unpaired) electrons. The SMILES string of the molecule is CCCOC(=O)C(Cc1ccncc1)N1C(=O)c2cc(Oc3cccc(-c4cccc(CNCC5CO5)c4)c3)c3c4c(Oc5cccc(-c6cccc(C(=O)NCC7CO7)c6)c5)cc5c6c(cc(Oc7cccc(-c8cccc(C(=O)NCC9CO9)c8)c7)c(c7c(Oc8cccc(-c9cccc(C(=O)NCC%10CO%10)c9)c8)cc(c2c37)C1=O)c64)C(=O)N(C(Cc1ccncc1)C(=O)OCCC)C5=O. The fourth-order valence-corrected chi connectivity index (χ4v) is 18.0. The average Bonchev–Trinajstić information content (AvgIpc) is 1.44. The van der Waals surface area contributed by atoms with Gasteiger partial charge in [0.2, 0.25) is 0 Å². The lowest BCUT2D eigenvalue weighted by atomic mass is 9.80. The molecule has 6 aliphatic rings. The number of fused-ring (bicyclic) bond motifs is 2. The van der Waals surface area contributed by atoms with Crippen LogP contribution in [0.2, 0.25) is 0 Å². The zero-order chi connectivity index (χ0) is 93.5. The molecule has 8 heterocycles. The largest absolute Gasteiger partial charge is 0.464 e. The Morgan fingerprint density at radius 1 is 0.336 bits per heavy atom. The first kappa shape index (κ1) is 87.7. The van der Waals surface area contributed by atoms with E-state index in [0.29, 0.717) is 133 Å². The molecule has 0 bridgehead atoms. The summed E-state index contributed by atoms with van der Waals surface area (Å²) in [6.07, 6.45) is 6.39. The van der Waals surface area contributed by atoms with Crippen molar-refractivity contribution in [2.75, 3.05) is 65.8 Å². The summed E-state index contributed by atoms with van der Waals surface area (Å²) in [5.41, 5.74) is 7.77. The quantitative estimate of drug-likeness (QED) is 0.00924. The molecule has 4 N–H and O–H groups in total. The molecular formula is C110H90N8O19. The maximum atomic E-state index is 17.1. The van der Waals surface area contributed by atoms with Gasteiger partial charge in [0.25, 0.3) is 41.4 Å². The monoisotopic (exact) mass is 1830 g/mol.